The molecular formula is C12H25N. The lowest BCUT2D eigenvalue weighted by Gasteiger charge is -2.26. The molecule has 0 aromatic rings. The Morgan fingerprint density at radius 1 is 1.31 bits per heavy atom. The third-order valence-corrected chi connectivity index (χ3v) is 2.89. The number of allylic oxidation sites excluding steroid dienone is 1. The van der Waals surface area contributed by atoms with Gasteiger partial charge in [0.05, 0.1) is 0 Å². The number of hydrogen-bond donors (Lipinski definition) is 1. The molecule has 0 aliphatic rings. The van der Waals surface area contributed by atoms with E-state index in [2.05, 4.69) is 34.3 Å². The number of rotatable bonds is 6. The Bertz CT molecular complexity index is 149. The zero-order valence-electron chi connectivity index (χ0n) is 9.64. The Morgan fingerprint density at radius 2 is 1.85 bits per heavy atom. The van der Waals surface area contributed by atoms with Gasteiger partial charge < -0.3 is 5.73 Å². The molecule has 0 radical (unpaired) electrons. The van der Waals surface area contributed by atoms with Crippen LogP contribution in [0, 0.1) is 11.8 Å². The molecule has 0 unspecified atom stereocenters. The monoisotopic (exact) mass is 183 g/mol. The molecule has 0 heterocycles. The summed E-state index contributed by atoms with van der Waals surface area (Å²) < 4.78 is 0. The van der Waals surface area contributed by atoms with E-state index in [9.17, 15) is 0 Å². The highest BCUT2D eigenvalue weighted by atomic mass is 14.7. The summed E-state index contributed by atoms with van der Waals surface area (Å²) in [4.78, 5) is 0. The summed E-state index contributed by atoms with van der Waals surface area (Å²) in [5, 5.41) is 0. The van der Waals surface area contributed by atoms with Crippen molar-refractivity contribution in [3.63, 3.8) is 0 Å². The highest BCUT2D eigenvalue weighted by Gasteiger charge is 2.19. The van der Waals surface area contributed by atoms with Gasteiger partial charge in [0.1, 0.15) is 0 Å². The number of hydrogen-bond acceptors (Lipinski definition) is 1. The van der Waals surface area contributed by atoms with Gasteiger partial charge in [-0.1, -0.05) is 46.3 Å². The predicted octanol–water partition coefficient (Wildman–Crippen LogP) is 3.35. The Morgan fingerprint density at radius 3 is 2.15 bits per heavy atom. The summed E-state index contributed by atoms with van der Waals surface area (Å²) in [7, 11) is 0. The molecule has 13 heavy (non-hydrogen) atoms. The van der Waals surface area contributed by atoms with Crippen LogP contribution in [0.4, 0.5) is 0 Å². The van der Waals surface area contributed by atoms with E-state index >= 15 is 0 Å². The zero-order chi connectivity index (χ0) is 10.4. The average Bonchev–Trinajstić information content (AvgIpc) is 2.12. The van der Waals surface area contributed by atoms with Crippen LogP contribution < -0.4 is 5.73 Å². The van der Waals surface area contributed by atoms with Crippen molar-refractivity contribution in [3.05, 3.63) is 12.2 Å². The van der Waals surface area contributed by atoms with Crippen LogP contribution in [0.25, 0.3) is 0 Å². The fourth-order valence-corrected chi connectivity index (χ4v) is 1.61. The minimum Gasteiger partial charge on any atom is -0.327 e. The normalized spacial score (nSPS) is 15.8. The highest BCUT2D eigenvalue weighted by Crippen LogP contribution is 2.22. The molecule has 0 spiro atoms. The van der Waals surface area contributed by atoms with Crippen molar-refractivity contribution in [1.82, 2.24) is 0 Å². The molecule has 2 N–H and O–H groups in total. The van der Waals surface area contributed by atoms with Crippen molar-refractivity contribution in [2.45, 2.75) is 53.0 Å². The van der Waals surface area contributed by atoms with Gasteiger partial charge in [0.15, 0.2) is 0 Å². The van der Waals surface area contributed by atoms with Crippen molar-refractivity contribution in [3.8, 4) is 0 Å². The van der Waals surface area contributed by atoms with E-state index in [1.165, 1.54) is 12.0 Å². The van der Waals surface area contributed by atoms with E-state index in [4.69, 9.17) is 5.73 Å². The predicted molar refractivity (Wildman–Crippen MR) is 60.6 cm³/mol. The fraction of sp³-hybridized carbons (Fsp3) is 0.833. The lowest BCUT2D eigenvalue weighted by Crippen LogP contribution is -2.35. The topological polar surface area (TPSA) is 26.0 Å². The van der Waals surface area contributed by atoms with E-state index in [0.29, 0.717) is 17.9 Å². The third-order valence-electron chi connectivity index (χ3n) is 2.89. The molecule has 0 amide bonds. The van der Waals surface area contributed by atoms with Crippen LogP contribution in [-0.4, -0.2) is 6.04 Å². The average molecular weight is 183 g/mol. The van der Waals surface area contributed by atoms with Crippen molar-refractivity contribution in [2.24, 2.45) is 17.6 Å². The van der Waals surface area contributed by atoms with Crippen LogP contribution in [0.3, 0.4) is 0 Å². The summed E-state index contributed by atoms with van der Waals surface area (Å²) in [5.74, 6) is 1.20. The van der Waals surface area contributed by atoms with Gasteiger partial charge in [0.2, 0.25) is 0 Å². The summed E-state index contributed by atoms with van der Waals surface area (Å²) in [5.41, 5.74) is 7.47. The van der Waals surface area contributed by atoms with Gasteiger partial charge in [-0.05, 0) is 24.7 Å². The van der Waals surface area contributed by atoms with E-state index in [-0.39, 0.29) is 0 Å². The summed E-state index contributed by atoms with van der Waals surface area (Å²) in [6.07, 6.45) is 3.35. The van der Waals surface area contributed by atoms with Crippen LogP contribution in [0.2, 0.25) is 0 Å². The van der Waals surface area contributed by atoms with Crippen molar-refractivity contribution < 1.29 is 0 Å². The molecule has 0 aromatic carbocycles. The van der Waals surface area contributed by atoms with Crippen molar-refractivity contribution >= 4 is 0 Å². The molecular weight excluding hydrogens is 158 g/mol. The van der Waals surface area contributed by atoms with Gasteiger partial charge in [-0.15, -0.1) is 0 Å². The minimum atomic E-state index is 0.327. The Labute approximate surface area is 83.4 Å². The standard InChI is InChI=1S/C12H25N/c1-6-10(5)8-11(7-2)12(13)9(3)4/h9,11-12H,5-8,13H2,1-4H3/t11-,12-/m0/s1. The summed E-state index contributed by atoms with van der Waals surface area (Å²) >= 11 is 0. The second kappa shape index (κ2) is 6.20. The quantitative estimate of drug-likeness (QED) is 0.628. The first-order valence-corrected chi connectivity index (χ1v) is 5.45. The first-order valence-electron chi connectivity index (χ1n) is 5.45. The smallest absolute Gasteiger partial charge is 0.00933 e. The lowest BCUT2D eigenvalue weighted by molar-refractivity contribution is 0.328. The van der Waals surface area contributed by atoms with E-state index in [0.717, 1.165) is 12.8 Å². The van der Waals surface area contributed by atoms with Crippen LogP contribution >= 0.6 is 0 Å². The molecule has 2 atom stereocenters. The molecule has 0 saturated heterocycles. The highest BCUT2D eigenvalue weighted by molar-refractivity contribution is 4.96. The van der Waals surface area contributed by atoms with Gasteiger partial charge in [0.25, 0.3) is 0 Å². The van der Waals surface area contributed by atoms with Crippen molar-refractivity contribution in [2.75, 3.05) is 0 Å². The molecule has 78 valence electrons. The SMILES string of the molecule is C=C(CC)C[C@H](CC)[C@@H](N)C(C)C. The third kappa shape index (κ3) is 4.47. The Kier molecular flexibility index (Phi) is 6.06. The van der Waals surface area contributed by atoms with Crippen LogP contribution in [0.5, 0.6) is 0 Å². The van der Waals surface area contributed by atoms with Gasteiger partial charge >= 0.3 is 0 Å². The van der Waals surface area contributed by atoms with E-state index in [1.54, 1.807) is 0 Å². The summed E-state index contributed by atoms with van der Waals surface area (Å²) in [6.45, 7) is 12.8. The second-order valence-corrected chi connectivity index (χ2v) is 4.30. The number of nitrogens with two attached hydrogens (primary N) is 1. The zero-order valence-corrected chi connectivity index (χ0v) is 9.64. The van der Waals surface area contributed by atoms with Gasteiger partial charge in [-0.2, -0.15) is 0 Å². The molecule has 0 saturated carbocycles. The molecule has 1 nitrogen and oxygen atoms in total. The van der Waals surface area contributed by atoms with Crippen LogP contribution in [0.15, 0.2) is 12.2 Å². The van der Waals surface area contributed by atoms with Crippen molar-refractivity contribution in [1.29, 1.82) is 0 Å². The van der Waals surface area contributed by atoms with Gasteiger partial charge in [0, 0.05) is 6.04 Å². The molecule has 0 fully saturated rings. The fourth-order valence-electron chi connectivity index (χ4n) is 1.61. The molecule has 0 rings (SSSR count). The van der Waals surface area contributed by atoms with E-state index < -0.39 is 0 Å². The first-order chi connectivity index (χ1) is 6.02. The maximum atomic E-state index is 6.13. The van der Waals surface area contributed by atoms with Crippen LogP contribution in [-0.2, 0) is 0 Å². The summed E-state index contributed by atoms with van der Waals surface area (Å²) in [6, 6.07) is 0.327. The van der Waals surface area contributed by atoms with Gasteiger partial charge in [-0.25, -0.2) is 0 Å². The second-order valence-electron chi connectivity index (χ2n) is 4.30. The largest absolute Gasteiger partial charge is 0.327 e. The maximum absolute atomic E-state index is 6.13. The first kappa shape index (κ1) is 12.7. The molecule has 1 heteroatoms. The minimum absolute atomic E-state index is 0.327. The van der Waals surface area contributed by atoms with E-state index in [1.807, 2.05) is 0 Å². The molecule has 0 aliphatic heterocycles. The molecule has 0 aromatic heterocycles. The van der Waals surface area contributed by atoms with Crippen LogP contribution in [0.1, 0.15) is 47.0 Å². The maximum Gasteiger partial charge on any atom is 0.00933 e. The van der Waals surface area contributed by atoms with Gasteiger partial charge in [-0.3, -0.25) is 0 Å². The Balaban J connectivity index is 4.09. The Hall–Kier alpha value is -0.300. The lowest BCUT2D eigenvalue weighted by atomic mass is 9.84. The molecule has 0 bridgehead atoms. The molecule has 0 aliphatic carbocycles.